The van der Waals surface area contributed by atoms with E-state index >= 15 is 0 Å². The van der Waals surface area contributed by atoms with Crippen molar-refractivity contribution >= 4 is 56.9 Å². The molecule has 5 rings (SSSR count). The van der Waals surface area contributed by atoms with E-state index in [1.807, 2.05) is 0 Å². The predicted molar refractivity (Wildman–Crippen MR) is 141 cm³/mol. The molecule has 2 aliphatic rings. The van der Waals surface area contributed by atoms with Gasteiger partial charge in [-0.2, -0.15) is 4.39 Å². The summed E-state index contributed by atoms with van der Waals surface area (Å²) in [5, 5.41) is 8.06. The zero-order valence-corrected chi connectivity index (χ0v) is 22.7. The van der Waals surface area contributed by atoms with E-state index in [2.05, 4.69) is 20.9 Å². The molecule has 2 aliphatic heterocycles. The van der Waals surface area contributed by atoms with Gasteiger partial charge in [-0.3, -0.25) is 29.4 Å². The van der Waals surface area contributed by atoms with Gasteiger partial charge in [-0.25, -0.2) is 9.78 Å². The van der Waals surface area contributed by atoms with Gasteiger partial charge in [-0.1, -0.05) is 0 Å². The van der Waals surface area contributed by atoms with Crippen LogP contribution < -0.4 is 25.4 Å². The first-order valence-electron chi connectivity index (χ1n) is 12.1. The molecule has 1 aromatic heterocycles. The van der Waals surface area contributed by atoms with Crippen molar-refractivity contribution in [1.82, 2.24) is 20.5 Å². The molecule has 1 unspecified atom stereocenters. The quantitative estimate of drug-likeness (QED) is 0.383. The van der Waals surface area contributed by atoms with Crippen molar-refractivity contribution in [2.24, 2.45) is 0 Å². The van der Waals surface area contributed by atoms with Crippen LogP contribution in [0.5, 0.6) is 11.5 Å². The van der Waals surface area contributed by atoms with Crippen molar-refractivity contribution in [3.05, 3.63) is 46.2 Å². The molecule has 3 aromatic rings. The van der Waals surface area contributed by atoms with Gasteiger partial charge < -0.3 is 20.1 Å². The molecule has 1 saturated heterocycles. The van der Waals surface area contributed by atoms with Gasteiger partial charge in [0.2, 0.25) is 17.6 Å². The molecule has 0 spiro atoms. The van der Waals surface area contributed by atoms with E-state index < -0.39 is 47.1 Å². The maximum Gasteiger partial charge on any atom is 0.319 e. The normalized spacial score (nSPS) is 17.1. The second kappa shape index (κ2) is 9.86. The van der Waals surface area contributed by atoms with Gasteiger partial charge in [0.25, 0.3) is 11.8 Å². The summed E-state index contributed by atoms with van der Waals surface area (Å²) in [7, 11) is 2.67. The van der Waals surface area contributed by atoms with Crippen molar-refractivity contribution < 1.29 is 37.8 Å². The number of amides is 6. The molecule has 0 aliphatic carbocycles. The van der Waals surface area contributed by atoms with Crippen LogP contribution in [0.2, 0.25) is 0 Å². The first-order valence-corrected chi connectivity index (χ1v) is 12.9. The van der Waals surface area contributed by atoms with Gasteiger partial charge in [0.1, 0.15) is 16.6 Å². The molecule has 12 nitrogen and oxygen atoms in total. The maximum absolute atomic E-state index is 14.6. The Kier molecular flexibility index (Phi) is 6.66. The number of hydrogen-bond donors (Lipinski definition) is 3. The highest BCUT2D eigenvalue weighted by molar-refractivity contribution is 7.18. The Bertz CT molecular complexity index is 1620. The van der Waals surface area contributed by atoms with Crippen LogP contribution >= 0.6 is 11.3 Å². The van der Waals surface area contributed by atoms with Crippen LogP contribution in [-0.4, -0.2) is 59.8 Å². The monoisotopic (exact) mass is 569 g/mol. The molecule has 0 saturated carbocycles. The molecule has 3 heterocycles. The van der Waals surface area contributed by atoms with E-state index in [4.69, 9.17) is 9.47 Å². The third-order valence-corrected chi connectivity index (χ3v) is 7.95. The molecule has 40 heavy (non-hydrogen) atoms. The number of thiazole rings is 1. The highest BCUT2D eigenvalue weighted by atomic mass is 32.1. The molecule has 3 N–H and O–H groups in total. The lowest BCUT2D eigenvalue weighted by molar-refractivity contribution is -0.136. The van der Waals surface area contributed by atoms with Gasteiger partial charge >= 0.3 is 6.03 Å². The Morgan fingerprint density at radius 3 is 2.52 bits per heavy atom. The molecular formula is C26H24FN5O7S. The largest absolute Gasteiger partial charge is 0.493 e. The van der Waals surface area contributed by atoms with Crippen LogP contribution in [0.4, 0.5) is 14.9 Å². The van der Waals surface area contributed by atoms with Gasteiger partial charge in [0.15, 0.2) is 11.5 Å². The number of imide groups is 2. The number of ether oxygens (including phenoxy) is 2. The first kappa shape index (κ1) is 27.0. The minimum Gasteiger partial charge on any atom is -0.493 e. The number of halogens is 1. The standard InChI is InChI=1S/C26H24FN5O7S/c1-26(2,24-30-19-16(40-24)10-15(38-3)18(27)20(19)39-4)31-25(37)28-11-5-6-12-13(9-11)23(36)32(22(12)35)14-7-8-17(33)29-21(14)34/h5-6,9-10,14H,7-8H2,1-4H3,(H2,28,31,37)(H,29,33,34). The first-order chi connectivity index (χ1) is 18.9. The average Bonchev–Trinajstić information content (AvgIpc) is 3.43. The van der Waals surface area contributed by atoms with Gasteiger partial charge in [-0.05, 0) is 38.5 Å². The molecular weight excluding hydrogens is 545 g/mol. The summed E-state index contributed by atoms with van der Waals surface area (Å²) in [5.41, 5.74) is -0.365. The minimum absolute atomic E-state index is 0.00358. The summed E-state index contributed by atoms with van der Waals surface area (Å²) in [4.78, 5) is 67.9. The molecule has 208 valence electrons. The van der Waals surface area contributed by atoms with Crippen molar-refractivity contribution in [1.29, 1.82) is 0 Å². The van der Waals surface area contributed by atoms with E-state index in [1.165, 1.54) is 49.8 Å². The lowest BCUT2D eigenvalue weighted by atomic mass is 10.0. The smallest absolute Gasteiger partial charge is 0.319 e. The summed E-state index contributed by atoms with van der Waals surface area (Å²) in [6.45, 7) is 3.43. The van der Waals surface area contributed by atoms with Crippen LogP contribution in [0.1, 0.15) is 52.4 Å². The molecule has 2 aromatic carbocycles. The molecule has 0 radical (unpaired) electrons. The number of hydrogen-bond acceptors (Lipinski definition) is 9. The fourth-order valence-electron chi connectivity index (χ4n) is 4.64. The zero-order chi connectivity index (χ0) is 28.9. The van der Waals surface area contributed by atoms with Crippen LogP contribution in [0, 0.1) is 5.82 Å². The number of methoxy groups -OCH3 is 2. The minimum atomic E-state index is -1.09. The third kappa shape index (κ3) is 4.49. The number of carbonyl (C=O) groups is 5. The van der Waals surface area contributed by atoms with Crippen molar-refractivity contribution in [2.45, 2.75) is 38.3 Å². The van der Waals surface area contributed by atoms with Gasteiger partial charge in [-0.15, -0.1) is 11.3 Å². The Balaban J connectivity index is 1.33. The molecule has 1 atom stereocenters. The van der Waals surface area contributed by atoms with Crippen LogP contribution in [-0.2, 0) is 15.1 Å². The summed E-state index contributed by atoms with van der Waals surface area (Å²) < 4.78 is 25.5. The fraction of sp³-hybridized carbons (Fsp3) is 0.308. The maximum atomic E-state index is 14.6. The second-order valence-corrected chi connectivity index (χ2v) is 10.7. The second-order valence-electron chi connectivity index (χ2n) is 9.70. The Morgan fingerprint density at radius 2 is 1.85 bits per heavy atom. The summed E-state index contributed by atoms with van der Waals surface area (Å²) >= 11 is 1.23. The van der Waals surface area contributed by atoms with Crippen molar-refractivity contribution in [3.63, 3.8) is 0 Å². The summed E-state index contributed by atoms with van der Waals surface area (Å²) in [6, 6.07) is 3.99. The summed E-state index contributed by atoms with van der Waals surface area (Å²) in [6.07, 6.45) is 0.0479. The molecule has 1 fully saturated rings. The molecule has 0 bridgehead atoms. The average molecular weight is 570 g/mol. The Hall–Kier alpha value is -4.59. The zero-order valence-electron chi connectivity index (χ0n) is 21.8. The molecule has 6 amide bonds. The number of anilines is 1. The highest BCUT2D eigenvalue weighted by Crippen LogP contribution is 2.40. The van der Waals surface area contributed by atoms with Gasteiger partial charge in [0.05, 0.1) is 35.6 Å². The lowest BCUT2D eigenvalue weighted by Crippen LogP contribution is -2.54. The van der Waals surface area contributed by atoms with Crippen LogP contribution in [0.25, 0.3) is 10.2 Å². The van der Waals surface area contributed by atoms with Crippen molar-refractivity contribution in [3.8, 4) is 11.5 Å². The number of fused-ring (bicyclic) bond motifs is 2. The summed E-state index contributed by atoms with van der Waals surface area (Å²) in [5.74, 6) is -3.26. The van der Waals surface area contributed by atoms with E-state index in [1.54, 1.807) is 13.8 Å². The number of nitrogens with one attached hydrogen (secondary N) is 3. The van der Waals surface area contributed by atoms with E-state index in [9.17, 15) is 28.4 Å². The topological polar surface area (TPSA) is 156 Å². The molecule has 14 heteroatoms. The predicted octanol–water partition coefficient (Wildman–Crippen LogP) is 2.91. The Morgan fingerprint density at radius 1 is 1.12 bits per heavy atom. The van der Waals surface area contributed by atoms with Crippen molar-refractivity contribution in [2.75, 3.05) is 19.5 Å². The van der Waals surface area contributed by atoms with E-state index in [0.717, 1.165) is 4.90 Å². The van der Waals surface area contributed by atoms with Gasteiger partial charge in [0, 0.05) is 18.2 Å². The Labute approximate surface area is 230 Å². The van der Waals surface area contributed by atoms with E-state index in [-0.39, 0.29) is 41.2 Å². The SMILES string of the molecule is COc1cc2sc(C(C)(C)NC(=O)Nc3ccc4c(c3)C(=O)N(C3CCC(=O)NC3=O)C4=O)nc2c(OC)c1F. The number of piperidine rings is 1. The fourth-order valence-corrected chi connectivity index (χ4v) is 5.69. The number of carbonyl (C=O) groups excluding carboxylic acids is 5. The third-order valence-electron chi connectivity index (χ3n) is 6.63. The number of nitrogens with zero attached hydrogens (tertiary/aromatic N) is 2. The number of aromatic nitrogens is 1. The highest BCUT2D eigenvalue weighted by Gasteiger charge is 2.44. The number of urea groups is 1. The van der Waals surface area contributed by atoms with Crippen LogP contribution in [0.15, 0.2) is 24.3 Å². The number of rotatable bonds is 6. The lowest BCUT2D eigenvalue weighted by Gasteiger charge is -2.27. The number of benzene rings is 2. The van der Waals surface area contributed by atoms with Crippen LogP contribution in [0.3, 0.4) is 0 Å². The van der Waals surface area contributed by atoms with E-state index in [0.29, 0.717) is 15.2 Å².